The maximum Gasteiger partial charge on any atom is 0.190 e. The maximum atomic E-state index is 9.64. The smallest absolute Gasteiger partial charge is 0.190 e. The Balaban J connectivity index is 3.60. The van der Waals surface area contributed by atoms with Crippen LogP contribution in [-0.4, -0.2) is 38.2 Å². The van der Waals surface area contributed by atoms with E-state index in [0.717, 1.165) is 4.73 Å². The number of hydrogen-bond donors (Lipinski definition) is 3. The third kappa shape index (κ3) is 1.83. The zero-order chi connectivity index (χ0) is 11.4. The van der Waals surface area contributed by atoms with E-state index in [2.05, 4.69) is 15.6 Å². The largest absolute Gasteiger partial charge is 0.492 e. The van der Waals surface area contributed by atoms with Gasteiger partial charge in [-0.15, -0.1) is 0 Å². The fourth-order valence-electron chi connectivity index (χ4n) is 1.42. The van der Waals surface area contributed by atoms with Gasteiger partial charge in [-0.3, -0.25) is 4.99 Å². The van der Waals surface area contributed by atoms with Gasteiger partial charge in [0.2, 0.25) is 0 Å². The van der Waals surface area contributed by atoms with Crippen molar-refractivity contribution in [2.75, 3.05) is 38.9 Å². The van der Waals surface area contributed by atoms with Gasteiger partial charge in [-0.25, -0.2) is 0 Å². The number of nitrogens with one attached hydrogen (secondary N) is 2. The quantitative estimate of drug-likeness (QED) is 0.632. The predicted octanol–water partition coefficient (Wildman–Crippen LogP) is 0.348. The number of nitrogens with zero attached hydrogens (tertiary/aromatic N) is 2. The molecule has 1 heterocycles. The van der Waals surface area contributed by atoms with Crippen LogP contribution in [0.15, 0.2) is 11.2 Å². The molecule has 0 spiro atoms. The van der Waals surface area contributed by atoms with Crippen molar-refractivity contribution in [3.8, 4) is 5.75 Å². The molecule has 1 aromatic heterocycles. The van der Waals surface area contributed by atoms with Crippen molar-refractivity contribution in [3.05, 3.63) is 11.7 Å². The van der Waals surface area contributed by atoms with Crippen LogP contribution in [0.4, 0.5) is 11.4 Å². The molecule has 0 saturated carbocycles. The molecule has 15 heavy (non-hydrogen) atoms. The third-order valence-corrected chi connectivity index (χ3v) is 2.10. The van der Waals surface area contributed by atoms with E-state index < -0.39 is 0 Å². The summed E-state index contributed by atoms with van der Waals surface area (Å²) in [7, 11) is 6.66. The highest BCUT2D eigenvalue weighted by molar-refractivity contribution is 5.68. The first-order valence-electron chi connectivity index (χ1n) is 4.50. The number of anilines is 2. The van der Waals surface area contributed by atoms with E-state index >= 15 is 0 Å². The molecule has 0 radical (unpaired) electrons. The highest BCUT2D eigenvalue weighted by atomic mass is 16.5. The van der Waals surface area contributed by atoms with Crippen LogP contribution in [-0.2, 0) is 0 Å². The van der Waals surface area contributed by atoms with Crippen LogP contribution in [0.2, 0.25) is 0 Å². The SMILES string of the molecule is CN=c1c(NC)c(OC)c(NC)cn1O. The summed E-state index contributed by atoms with van der Waals surface area (Å²) in [5, 5.41) is 15.5. The molecule has 3 N–H and O–H groups in total. The van der Waals surface area contributed by atoms with Crippen LogP contribution in [0.1, 0.15) is 0 Å². The predicted molar refractivity (Wildman–Crippen MR) is 58.7 cm³/mol. The van der Waals surface area contributed by atoms with E-state index in [1.54, 1.807) is 28.3 Å². The second-order valence-electron chi connectivity index (χ2n) is 2.84. The van der Waals surface area contributed by atoms with E-state index in [0.29, 0.717) is 22.6 Å². The Labute approximate surface area is 88.2 Å². The number of methoxy groups -OCH3 is 1. The van der Waals surface area contributed by atoms with Crippen LogP contribution in [0.25, 0.3) is 0 Å². The molecule has 0 amide bonds. The fourth-order valence-corrected chi connectivity index (χ4v) is 1.42. The number of pyridine rings is 1. The summed E-state index contributed by atoms with van der Waals surface area (Å²) in [6.07, 6.45) is 1.50. The molecule has 0 unspecified atom stereocenters. The second-order valence-corrected chi connectivity index (χ2v) is 2.84. The summed E-state index contributed by atoms with van der Waals surface area (Å²) in [5.41, 5.74) is 1.72. The van der Waals surface area contributed by atoms with Crippen LogP contribution in [0.5, 0.6) is 5.75 Å². The molecule has 0 aliphatic rings. The molecular formula is C9H16N4O2. The van der Waals surface area contributed by atoms with Crippen molar-refractivity contribution in [3.63, 3.8) is 0 Å². The lowest BCUT2D eigenvalue weighted by atomic mass is 10.3. The van der Waals surface area contributed by atoms with Gasteiger partial charge in [0.25, 0.3) is 0 Å². The zero-order valence-electron chi connectivity index (χ0n) is 9.33. The Morgan fingerprint density at radius 1 is 1.40 bits per heavy atom. The Morgan fingerprint density at radius 2 is 2.07 bits per heavy atom. The molecule has 1 aromatic rings. The summed E-state index contributed by atoms with van der Waals surface area (Å²) in [5.74, 6) is 0.617. The van der Waals surface area contributed by atoms with Gasteiger partial charge in [0.15, 0.2) is 11.2 Å². The van der Waals surface area contributed by atoms with E-state index in [1.807, 2.05) is 0 Å². The zero-order valence-corrected chi connectivity index (χ0v) is 9.33. The number of aromatic nitrogens is 1. The second kappa shape index (κ2) is 4.59. The normalized spacial score (nSPS) is 11.3. The summed E-state index contributed by atoms with van der Waals surface area (Å²) in [6.45, 7) is 0. The summed E-state index contributed by atoms with van der Waals surface area (Å²) >= 11 is 0. The highest BCUT2D eigenvalue weighted by Crippen LogP contribution is 2.28. The molecule has 0 saturated heterocycles. The van der Waals surface area contributed by atoms with Crippen LogP contribution in [0, 0.1) is 0 Å². The number of ether oxygens (including phenoxy) is 1. The van der Waals surface area contributed by atoms with E-state index in [1.165, 1.54) is 6.20 Å². The first-order valence-corrected chi connectivity index (χ1v) is 4.50. The van der Waals surface area contributed by atoms with E-state index in [9.17, 15) is 5.21 Å². The first-order chi connectivity index (χ1) is 7.19. The molecule has 0 aliphatic carbocycles. The number of hydrogen-bond acceptors (Lipinski definition) is 5. The standard InChI is InChI=1S/C9H16N4O2/c1-10-6-5-13(14)9(12-3)7(11-2)8(6)15-4/h5,10-11,14H,1-4H3. The monoisotopic (exact) mass is 212 g/mol. The average molecular weight is 212 g/mol. The van der Waals surface area contributed by atoms with Gasteiger partial charge < -0.3 is 20.6 Å². The van der Waals surface area contributed by atoms with Crippen LogP contribution in [0.3, 0.4) is 0 Å². The first kappa shape index (κ1) is 11.2. The molecule has 6 heteroatoms. The minimum atomic E-state index is 0.411. The minimum absolute atomic E-state index is 0.411. The summed E-state index contributed by atoms with van der Waals surface area (Å²) in [6, 6.07) is 0. The topological polar surface area (TPSA) is 70.8 Å². The van der Waals surface area contributed by atoms with Crippen molar-refractivity contribution in [2.24, 2.45) is 4.99 Å². The molecule has 0 aliphatic heterocycles. The summed E-state index contributed by atoms with van der Waals surface area (Å²) in [4.78, 5) is 3.97. The molecular weight excluding hydrogens is 196 g/mol. The van der Waals surface area contributed by atoms with E-state index in [4.69, 9.17) is 4.74 Å². The third-order valence-electron chi connectivity index (χ3n) is 2.10. The molecule has 0 fully saturated rings. The Hall–Kier alpha value is -1.85. The van der Waals surface area contributed by atoms with Crippen LogP contribution < -0.4 is 20.9 Å². The van der Waals surface area contributed by atoms with Crippen molar-refractivity contribution in [1.29, 1.82) is 0 Å². The summed E-state index contributed by atoms with van der Waals surface area (Å²) < 4.78 is 6.19. The molecule has 1 rings (SSSR count). The van der Waals surface area contributed by atoms with Gasteiger partial charge in [-0.2, -0.15) is 4.73 Å². The Kier molecular flexibility index (Phi) is 3.43. The van der Waals surface area contributed by atoms with Crippen molar-refractivity contribution < 1.29 is 9.94 Å². The Morgan fingerprint density at radius 3 is 2.47 bits per heavy atom. The minimum Gasteiger partial charge on any atom is -0.492 e. The highest BCUT2D eigenvalue weighted by Gasteiger charge is 2.12. The molecule has 0 bridgehead atoms. The van der Waals surface area contributed by atoms with Crippen molar-refractivity contribution >= 4 is 11.4 Å². The lowest BCUT2D eigenvalue weighted by Gasteiger charge is -2.14. The number of rotatable bonds is 3. The Bertz CT molecular complexity index is 411. The fraction of sp³-hybridized carbons (Fsp3) is 0.444. The van der Waals surface area contributed by atoms with Gasteiger partial charge in [-0.05, 0) is 0 Å². The lowest BCUT2D eigenvalue weighted by molar-refractivity contribution is 0.172. The van der Waals surface area contributed by atoms with Gasteiger partial charge >= 0.3 is 0 Å². The molecule has 0 aromatic carbocycles. The van der Waals surface area contributed by atoms with Gasteiger partial charge in [0.05, 0.1) is 19.0 Å². The van der Waals surface area contributed by atoms with Crippen LogP contribution >= 0.6 is 0 Å². The molecule has 0 atom stereocenters. The van der Waals surface area contributed by atoms with E-state index in [-0.39, 0.29) is 0 Å². The molecule has 84 valence electrons. The maximum absolute atomic E-state index is 9.64. The van der Waals surface area contributed by atoms with Crippen molar-refractivity contribution in [1.82, 2.24) is 4.73 Å². The van der Waals surface area contributed by atoms with Crippen molar-refractivity contribution in [2.45, 2.75) is 0 Å². The van der Waals surface area contributed by atoms with Gasteiger partial charge in [0, 0.05) is 21.1 Å². The van der Waals surface area contributed by atoms with Gasteiger partial charge in [-0.1, -0.05) is 0 Å². The van der Waals surface area contributed by atoms with Gasteiger partial charge in [0.1, 0.15) is 5.69 Å². The lowest BCUT2D eigenvalue weighted by Crippen LogP contribution is -2.23. The molecule has 6 nitrogen and oxygen atoms in total. The average Bonchev–Trinajstić information content (AvgIpc) is 2.27.